The Morgan fingerprint density at radius 2 is 1.89 bits per heavy atom. The average molecular weight is 431 g/mol. The van der Waals surface area contributed by atoms with E-state index in [2.05, 4.69) is 31.4 Å². The molecule has 27 heavy (non-hydrogen) atoms. The molecule has 0 bridgehead atoms. The number of halogens is 2. The van der Waals surface area contributed by atoms with Gasteiger partial charge in [-0.25, -0.2) is 4.39 Å². The topological polar surface area (TPSA) is 101 Å². The summed E-state index contributed by atoms with van der Waals surface area (Å²) < 4.78 is 14.8. The highest BCUT2D eigenvalue weighted by molar-refractivity contribution is 9.10. The highest BCUT2D eigenvalue weighted by atomic mass is 79.9. The van der Waals surface area contributed by atoms with Gasteiger partial charge in [0.1, 0.15) is 5.82 Å². The van der Waals surface area contributed by atoms with Crippen LogP contribution < -0.4 is 11.1 Å². The van der Waals surface area contributed by atoms with Crippen LogP contribution in [0.1, 0.15) is 28.4 Å². The van der Waals surface area contributed by atoms with Crippen LogP contribution in [0.4, 0.5) is 4.39 Å². The highest BCUT2D eigenvalue weighted by Crippen LogP contribution is 2.28. The van der Waals surface area contributed by atoms with Gasteiger partial charge < -0.3 is 11.1 Å². The summed E-state index contributed by atoms with van der Waals surface area (Å²) in [6.45, 7) is 0. The maximum atomic E-state index is 14.1. The lowest BCUT2D eigenvalue weighted by atomic mass is 10.0. The molecule has 0 aliphatic heterocycles. The van der Waals surface area contributed by atoms with Crippen LogP contribution in [0, 0.1) is 5.82 Å². The summed E-state index contributed by atoms with van der Waals surface area (Å²) in [5, 5.41) is 9.31. The number of H-pyrrole nitrogens is 1. The first-order valence-electron chi connectivity index (χ1n) is 8.09. The maximum Gasteiger partial charge on any atom is 0.255 e. The van der Waals surface area contributed by atoms with Crippen molar-refractivity contribution in [2.75, 3.05) is 0 Å². The molecule has 0 saturated heterocycles. The smallest absolute Gasteiger partial charge is 0.255 e. The summed E-state index contributed by atoms with van der Waals surface area (Å²) in [5.41, 5.74) is 6.71. The molecule has 138 valence electrons. The number of nitrogens with two attached hydrogens (primary N) is 1. The molecular formula is C19H16BrFN4O2. The number of aromatic nitrogens is 2. The molecule has 0 spiro atoms. The number of nitrogens with zero attached hydrogens (tertiary/aromatic N) is 1. The second kappa shape index (κ2) is 8.13. The van der Waals surface area contributed by atoms with E-state index in [-0.39, 0.29) is 23.2 Å². The number of rotatable bonds is 6. The van der Waals surface area contributed by atoms with Crippen molar-refractivity contribution in [1.29, 1.82) is 0 Å². The summed E-state index contributed by atoms with van der Waals surface area (Å²) in [6.07, 6.45) is 1.24. The predicted octanol–water partition coefficient (Wildman–Crippen LogP) is 3.32. The number of primary amides is 1. The molecule has 2 amide bonds. The van der Waals surface area contributed by atoms with Gasteiger partial charge in [0.15, 0.2) is 0 Å². The zero-order valence-electron chi connectivity index (χ0n) is 14.1. The highest BCUT2D eigenvalue weighted by Gasteiger charge is 2.23. The maximum absolute atomic E-state index is 14.1. The lowest BCUT2D eigenvalue weighted by molar-refractivity contribution is -0.118. The molecule has 0 aliphatic carbocycles. The fraction of sp³-hybridized carbons (Fsp3) is 0.105. The van der Waals surface area contributed by atoms with Gasteiger partial charge in [0, 0.05) is 10.0 Å². The van der Waals surface area contributed by atoms with Crippen LogP contribution in [0.25, 0.3) is 11.3 Å². The molecule has 0 fully saturated rings. The molecule has 4 N–H and O–H groups in total. The molecule has 0 unspecified atom stereocenters. The van der Waals surface area contributed by atoms with Crippen LogP contribution in [0.15, 0.2) is 59.2 Å². The third kappa shape index (κ3) is 4.22. The Balaban J connectivity index is 1.92. The van der Waals surface area contributed by atoms with Crippen LogP contribution in [0.5, 0.6) is 0 Å². The zero-order valence-corrected chi connectivity index (χ0v) is 15.7. The minimum Gasteiger partial charge on any atom is -0.370 e. The molecular weight excluding hydrogens is 415 g/mol. The Labute approximate surface area is 163 Å². The van der Waals surface area contributed by atoms with Gasteiger partial charge in [-0.05, 0) is 23.8 Å². The average Bonchev–Trinajstić information content (AvgIpc) is 3.11. The standard InChI is InChI=1S/C19H16BrFN4O2/c20-14-7-3-1-5-11(14)16(9-17(22)26)24-19(27)13-10-23-25-18(13)12-6-2-4-8-15(12)21/h1-8,10,16H,9H2,(H2,22,26)(H,23,25)(H,24,27)/t16-/m0/s1. The first kappa shape index (κ1) is 18.8. The first-order valence-corrected chi connectivity index (χ1v) is 8.88. The number of nitrogens with one attached hydrogen (secondary N) is 2. The second-order valence-electron chi connectivity index (χ2n) is 5.86. The van der Waals surface area contributed by atoms with Crippen molar-refractivity contribution in [3.8, 4) is 11.3 Å². The SMILES string of the molecule is NC(=O)C[C@H](NC(=O)c1cn[nH]c1-c1ccccc1F)c1ccccc1Br. The molecule has 1 atom stereocenters. The molecule has 6 nitrogen and oxygen atoms in total. The van der Waals surface area contributed by atoms with Crippen LogP contribution >= 0.6 is 15.9 Å². The second-order valence-corrected chi connectivity index (χ2v) is 6.71. The molecule has 3 rings (SSSR count). The van der Waals surface area contributed by atoms with E-state index in [4.69, 9.17) is 5.73 Å². The van der Waals surface area contributed by atoms with Gasteiger partial charge in [0.2, 0.25) is 5.91 Å². The minimum atomic E-state index is -0.644. The summed E-state index contributed by atoms with van der Waals surface area (Å²) in [6, 6.07) is 12.6. The first-order chi connectivity index (χ1) is 13.0. The molecule has 0 saturated carbocycles. The fourth-order valence-corrected chi connectivity index (χ4v) is 3.32. The number of aromatic amines is 1. The van der Waals surface area contributed by atoms with Crippen molar-refractivity contribution >= 4 is 27.7 Å². The Morgan fingerprint density at radius 3 is 2.59 bits per heavy atom. The third-order valence-electron chi connectivity index (χ3n) is 4.02. The minimum absolute atomic E-state index is 0.0821. The number of hydrogen-bond acceptors (Lipinski definition) is 3. The van der Waals surface area contributed by atoms with E-state index in [0.29, 0.717) is 5.56 Å². The molecule has 1 heterocycles. The predicted molar refractivity (Wildman–Crippen MR) is 102 cm³/mol. The van der Waals surface area contributed by atoms with Crippen molar-refractivity contribution < 1.29 is 14.0 Å². The molecule has 8 heteroatoms. The van der Waals surface area contributed by atoms with Gasteiger partial charge >= 0.3 is 0 Å². The van der Waals surface area contributed by atoms with E-state index in [0.717, 1.165) is 4.47 Å². The van der Waals surface area contributed by atoms with Gasteiger partial charge in [0.05, 0.1) is 29.9 Å². The lowest BCUT2D eigenvalue weighted by Crippen LogP contribution is -2.32. The van der Waals surface area contributed by atoms with Crippen molar-refractivity contribution in [3.63, 3.8) is 0 Å². The largest absolute Gasteiger partial charge is 0.370 e. The van der Waals surface area contributed by atoms with Crippen LogP contribution in [0.2, 0.25) is 0 Å². The van der Waals surface area contributed by atoms with E-state index >= 15 is 0 Å². The van der Waals surface area contributed by atoms with Crippen molar-refractivity contribution in [2.24, 2.45) is 5.73 Å². The Kier molecular flexibility index (Phi) is 5.66. The van der Waals surface area contributed by atoms with Gasteiger partial charge in [-0.1, -0.05) is 46.3 Å². The monoisotopic (exact) mass is 430 g/mol. The van der Waals surface area contributed by atoms with E-state index in [1.54, 1.807) is 36.4 Å². The molecule has 0 radical (unpaired) electrons. The number of benzene rings is 2. The molecule has 2 aromatic carbocycles. The van der Waals surface area contributed by atoms with E-state index in [1.807, 2.05) is 6.07 Å². The number of hydrogen-bond donors (Lipinski definition) is 3. The molecule has 3 aromatic rings. The third-order valence-corrected chi connectivity index (χ3v) is 4.74. The fourth-order valence-electron chi connectivity index (χ4n) is 2.76. The Bertz CT molecular complexity index is 989. The summed E-state index contributed by atoms with van der Waals surface area (Å²) in [7, 11) is 0. The summed E-state index contributed by atoms with van der Waals surface area (Å²) in [4.78, 5) is 24.3. The number of carbonyl (C=O) groups excluding carboxylic acids is 2. The van der Waals surface area contributed by atoms with Gasteiger partial charge in [-0.3, -0.25) is 14.7 Å². The van der Waals surface area contributed by atoms with Crippen molar-refractivity contribution in [2.45, 2.75) is 12.5 Å². The summed E-state index contributed by atoms with van der Waals surface area (Å²) >= 11 is 3.41. The molecule has 0 aliphatic rings. The number of amides is 2. The van der Waals surface area contributed by atoms with E-state index in [1.165, 1.54) is 12.3 Å². The van der Waals surface area contributed by atoms with Gasteiger partial charge in [-0.2, -0.15) is 5.10 Å². The van der Waals surface area contributed by atoms with E-state index < -0.39 is 23.7 Å². The van der Waals surface area contributed by atoms with Crippen LogP contribution in [-0.2, 0) is 4.79 Å². The van der Waals surface area contributed by atoms with Crippen LogP contribution in [0.3, 0.4) is 0 Å². The summed E-state index contributed by atoms with van der Waals surface area (Å²) in [5.74, 6) is -1.53. The molecule has 1 aromatic heterocycles. The quantitative estimate of drug-likeness (QED) is 0.558. The normalized spacial score (nSPS) is 11.8. The Morgan fingerprint density at radius 1 is 1.19 bits per heavy atom. The zero-order chi connectivity index (χ0) is 19.4. The van der Waals surface area contributed by atoms with Crippen molar-refractivity contribution in [3.05, 3.63) is 76.1 Å². The van der Waals surface area contributed by atoms with E-state index in [9.17, 15) is 14.0 Å². The lowest BCUT2D eigenvalue weighted by Gasteiger charge is -2.19. The van der Waals surface area contributed by atoms with Crippen molar-refractivity contribution in [1.82, 2.24) is 15.5 Å². The Hall–Kier alpha value is -3.00. The van der Waals surface area contributed by atoms with Crippen LogP contribution in [-0.4, -0.2) is 22.0 Å². The number of carbonyl (C=O) groups is 2. The van der Waals surface area contributed by atoms with Gasteiger partial charge in [0.25, 0.3) is 5.91 Å². The van der Waals surface area contributed by atoms with Gasteiger partial charge in [-0.15, -0.1) is 0 Å².